The standard InChI is InChI=1S/C33H50N6O6/c1-24(6-11-32(42)34-22-40)36(3)30-10-7-25(17-31(30)35(2)23-41)18-37-15-12-28(13-16-37)45-29-19-38(20-29)33(43)44-21-27-9-8-26-5-4-14-39(26)27/h7,10,17,22-24,26-29H,4-6,8-9,11-16,18-21H2,1-3H3,(H,34,40,42). The lowest BCUT2D eigenvalue weighted by Crippen LogP contribution is -2.56. The molecule has 3 unspecified atom stereocenters. The van der Waals surface area contributed by atoms with E-state index in [0.29, 0.717) is 44.6 Å². The van der Waals surface area contributed by atoms with Gasteiger partial charge in [0.1, 0.15) is 6.61 Å². The van der Waals surface area contributed by atoms with Crippen LogP contribution >= 0.6 is 0 Å². The van der Waals surface area contributed by atoms with Crippen LogP contribution in [0.25, 0.3) is 0 Å². The Balaban J connectivity index is 1.03. The zero-order chi connectivity index (χ0) is 31.9. The van der Waals surface area contributed by atoms with E-state index in [1.54, 1.807) is 16.8 Å². The fraction of sp³-hybridized carbons (Fsp3) is 0.697. The third-order valence-corrected chi connectivity index (χ3v) is 10.2. The van der Waals surface area contributed by atoms with Gasteiger partial charge >= 0.3 is 6.09 Å². The van der Waals surface area contributed by atoms with E-state index < -0.39 is 0 Å². The molecule has 0 saturated carbocycles. The number of benzene rings is 1. The second-order valence-electron chi connectivity index (χ2n) is 13.2. The summed E-state index contributed by atoms with van der Waals surface area (Å²) in [6, 6.07) is 7.31. The van der Waals surface area contributed by atoms with Crippen LogP contribution in [0.3, 0.4) is 0 Å². The van der Waals surface area contributed by atoms with E-state index in [-0.39, 0.29) is 36.7 Å². The molecule has 5 rings (SSSR count). The molecule has 0 spiro atoms. The zero-order valence-corrected chi connectivity index (χ0v) is 27.1. The number of fused-ring (bicyclic) bond motifs is 1. The minimum Gasteiger partial charge on any atom is -0.448 e. The SMILES string of the molecule is CC(CCC(=O)NC=O)N(C)c1ccc(CN2CCC(OC3CN(C(=O)OCC4CCC5CCCN54)C3)CC2)cc1N(C)C=O. The molecular formula is C33H50N6O6. The molecule has 4 aliphatic heterocycles. The molecule has 0 bridgehead atoms. The molecule has 0 radical (unpaired) electrons. The number of carbonyl (C=O) groups is 4. The highest BCUT2D eigenvalue weighted by Crippen LogP contribution is 2.33. The van der Waals surface area contributed by atoms with Crippen molar-refractivity contribution in [1.82, 2.24) is 20.0 Å². The Hall–Kier alpha value is -3.22. The fourth-order valence-electron chi connectivity index (χ4n) is 7.26. The maximum Gasteiger partial charge on any atom is 0.409 e. The number of amides is 4. The highest BCUT2D eigenvalue weighted by Gasteiger charge is 2.39. The van der Waals surface area contributed by atoms with Crippen LogP contribution in [0.5, 0.6) is 0 Å². The topological polar surface area (TPSA) is 115 Å². The minimum atomic E-state index is -0.302. The first-order valence-corrected chi connectivity index (χ1v) is 16.6. The van der Waals surface area contributed by atoms with Crippen molar-refractivity contribution in [3.63, 3.8) is 0 Å². The summed E-state index contributed by atoms with van der Waals surface area (Å²) in [5.41, 5.74) is 2.84. The molecule has 1 N–H and O–H groups in total. The van der Waals surface area contributed by atoms with Crippen molar-refractivity contribution in [3.05, 3.63) is 23.8 Å². The number of hydrogen-bond donors (Lipinski definition) is 1. The van der Waals surface area contributed by atoms with Gasteiger partial charge in [0.05, 0.1) is 36.7 Å². The molecule has 4 fully saturated rings. The lowest BCUT2D eigenvalue weighted by atomic mass is 10.0. The van der Waals surface area contributed by atoms with Crippen LogP contribution in [0, 0.1) is 0 Å². The monoisotopic (exact) mass is 626 g/mol. The van der Waals surface area contributed by atoms with Crippen molar-refractivity contribution in [2.75, 3.05) is 63.2 Å². The summed E-state index contributed by atoms with van der Waals surface area (Å²) in [6.07, 6.45) is 8.89. The molecule has 12 nitrogen and oxygen atoms in total. The maximum atomic E-state index is 12.6. The molecular weight excluding hydrogens is 576 g/mol. The van der Waals surface area contributed by atoms with Crippen LogP contribution in [0.4, 0.5) is 16.2 Å². The van der Waals surface area contributed by atoms with E-state index >= 15 is 0 Å². The predicted molar refractivity (Wildman–Crippen MR) is 171 cm³/mol. The number of imide groups is 1. The molecule has 4 heterocycles. The van der Waals surface area contributed by atoms with Crippen molar-refractivity contribution in [1.29, 1.82) is 0 Å². The lowest BCUT2D eigenvalue weighted by Gasteiger charge is -2.41. The highest BCUT2D eigenvalue weighted by molar-refractivity contribution is 5.86. The Kier molecular flexibility index (Phi) is 11.3. The van der Waals surface area contributed by atoms with Gasteiger partial charge in [-0.2, -0.15) is 0 Å². The minimum absolute atomic E-state index is 0.0225. The van der Waals surface area contributed by atoms with Crippen molar-refractivity contribution in [2.24, 2.45) is 0 Å². The van der Waals surface area contributed by atoms with Gasteiger partial charge in [-0.25, -0.2) is 4.79 Å². The van der Waals surface area contributed by atoms with Gasteiger partial charge < -0.3 is 24.2 Å². The number of hydrogen-bond acceptors (Lipinski definition) is 9. The molecule has 248 valence electrons. The normalized spacial score (nSPS) is 23.2. The summed E-state index contributed by atoms with van der Waals surface area (Å²) in [5, 5.41) is 2.18. The van der Waals surface area contributed by atoms with Crippen molar-refractivity contribution >= 4 is 36.2 Å². The molecule has 45 heavy (non-hydrogen) atoms. The van der Waals surface area contributed by atoms with Crippen LogP contribution in [-0.2, 0) is 30.4 Å². The number of rotatable bonds is 14. The second kappa shape index (κ2) is 15.4. The van der Waals surface area contributed by atoms with Gasteiger partial charge in [-0.05, 0) is 76.1 Å². The molecule has 0 aliphatic carbocycles. The summed E-state index contributed by atoms with van der Waals surface area (Å²) in [6.45, 7) is 7.49. The second-order valence-corrected chi connectivity index (χ2v) is 13.2. The molecule has 3 atom stereocenters. The van der Waals surface area contributed by atoms with E-state index in [2.05, 4.69) is 32.1 Å². The molecule has 1 aromatic carbocycles. The van der Waals surface area contributed by atoms with Crippen molar-refractivity contribution < 1.29 is 28.7 Å². The summed E-state index contributed by atoms with van der Waals surface area (Å²) in [5.74, 6) is -0.302. The molecule has 4 aliphatic rings. The van der Waals surface area contributed by atoms with Crippen LogP contribution in [0.1, 0.15) is 63.9 Å². The van der Waals surface area contributed by atoms with Crippen LogP contribution < -0.4 is 15.1 Å². The zero-order valence-electron chi connectivity index (χ0n) is 27.1. The molecule has 1 aromatic rings. The maximum absolute atomic E-state index is 12.6. The molecule has 12 heteroatoms. The first-order valence-electron chi connectivity index (χ1n) is 16.6. The van der Waals surface area contributed by atoms with E-state index in [1.807, 2.05) is 20.0 Å². The highest BCUT2D eigenvalue weighted by atomic mass is 16.6. The van der Waals surface area contributed by atoms with E-state index in [9.17, 15) is 19.2 Å². The Morgan fingerprint density at radius 1 is 1.02 bits per heavy atom. The van der Waals surface area contributed by atoms with Gasteiger partial charge in [-0.15, -0.1) is 0 Å². The predicted octanol–water partition coefficient (Wildman–Crippen LogP) is 2.59. The van der Waals surface area contributed by atoms with Crippen LogP contribution in [0.2, 0.25) is 0 Å². The van der Waals surface area contributed by atoms with Crippen LogP contribution in [0.15, 0.2) is 18.2 Å². The lowest BCUT2D eigenvalue weighted by molar-refractivity contribution is -0.125. The first-order chi connectivity index (χ1) is 21.7. The van der Waals surface area contributed by atoms with E-state index in [0.717, 1.165) is 68.8 Å². The molecule has 4 amide bonds. The summed E-state index contributed by atoms with van der Waals surface area (Å²) >= 11 is 0. The van der Waals surface area contributed by atoms with Gasteiger partial charge in [-0.3, -0.25) is 29.5 Å². The molecule has 0 aromatic heterocycles. The van der Waals surface area contributed by atoms with E-state index in [4.69, 9.17) is 9.47 Å². The number of ether oxygens (including phenoxy) is 2. The van der Waals surface area contributed by atoms with Gasteiger partial charge in [0, 0.05) is 58.3 Å². The Bertz CT molecular complexity index is 1190. The smallest absolute Gasteiger partial charge is 0.409 e. The average Bonchev–Trinajstić information content (AvgIpc) is 3.65. The third kappa shape index (κ3) is 8.33. The number of carbonyl (C=O) groups excluding carboxylic acids is 4. The van der Waals surface area contributed by atoms with Crippen molar-refractivity contribution in [3.8, 4) is 0 Å². The Morgan fingerprint density at radius 3 is 2.53 bits per heavy atom. The van der Waals surface area contributed by atoms with Gasteiger partial charge in [-0.1, -0.05) is 6.07 Å². The first kappa shape index (κ1) is 33.2. The molecule has 4 saturated heterocycles. The summed E-state index contributed by atoms with van der Waals surface area (Å²) < 4.78 is 12.0. The van der Waals surface area contributed by atoms with E-state index in [1.165, 1.54) is 19.3 Å². The van der Waals surface area contributed by atoms with Gasteiger partial charge in [0.25, 0.3) is 0 Å². The quantitative estimate of drug-likeness (QED) is 0.311. The largest absolute Gasteiger partial charge is 0.448 e. The number of piperidine rings is 1. The number of nitrogens with one attached hydrogen (secondary N) is 1. The number of nitrogens with zero attached hydrogens (tertiary/aromatic N) is 5. The number of likely N-dealkylation sites (tertiary alicyclic amines) is 2. The van der Waals surface area contributed by atoms with Gasteiger partial charge in [0.15, 0.2) is 0 Å². The van der Waals surface area contributed by atoms with Crippen molar-refractivity contribution in [2.45, 2.75) is 95.2 Å². The Morgan fingerprint density at radius 2 is 1.80 bits per heavy atom. The summed E-state index contributed by atoms with van der Waals surface area (Å²) in [4.78, 5) is 56.9. The third-order valence-electron chi connectivity index (χ3n) is 10.2. The Labute approximate surface area is 266 Å². The van der Waals surface area contributed by atoms with Crippen LogP contribution in [-0.4, -0.2) is 123 Å². The average molecular weight is 627 g/mol. The number of anilines is 2. The fourth-order valence-corrected chi connectivity index (χ4v) is 7.26. The summed E-state index contributed by atoms with van der Waals surface area (Å²) in [7, 11) is 3.70. The van der Waals surface area contributed by atoms with Gasteiger partial charge in [0.2, 0.25) is 18.7 Å².